The van der Waals surface area contributed by atoms with Crippen LogP contribution in [0.15, 0.2) is 12.1 Å². The second kappa shape index (κ2) is 6.16. The Hall–Kier alpha value is -1.40. The number of likely N-dealkylation sites (tertiary alicyclic amines) is 1. The van der Waals surface area contributed by atoms with Crippen molar-refractivity contribution in [2.75, 3.05) is 13.2 Å². The molecule has 1 unspecified atom stereocenters. The van der Waals surface area contributed by atoms with E-state index in [0.717, 1.165) is 30.6 Å². The van der Waals surface area contributed by atoms with Crippen molar-refractivity contribution in [3.8, 4) is 0 Å². The van der Waals surface area contributed by atoms with E-state index in [4.69, 9.17) is 10.2 Å². The summed E-state index contributed by atoms with van der Waals surface area (Å²) >= 11 is 1.01. The number of carbonyl (C=O) groups excluding carboxylic acids is 1. The number of aromatic carboxylic acids is 1. The molecule has 19 heavy (non-hydrogen) atoms. The molecular formula is C13H17NO4S. The summed E-state index contributed by atoms with van der Waals surface area (Å²) in [5, 5.41) is 17.9. The van der Waals surface area contributed by atoms with Gasteiger partial charge < -0.3 is 15.1 Å². The highest BCUT2D eigenvalue weighted by Crippen LogP contribution is 2.25. The van der Waals surface area contributed by atoms with Gasteiger partial charge in [0.05, 0.1) is 4.88 Å². The molecule has 2 rings (SSSR count). The van der Waals surface area contributed by atoms with Crippen molar-refractivity contribution in [1.82, 2.24) is 4.90 Å². The largest absolute Gasteiger partial charge is 0.477 e. The predicted octanol–water partition coefficient (Wildman–Crippen LogP) is 1.82. The Morgan fingerprint density at radius 1 is 1.32 bits per heavy atom. The van der Waals surface area contributed by atoms with Crippen molar-refractivity contribution in [2.45, 2.75) is 31.7 Å². The molecule has 6 heteroatoms. The molecule has 1 aliphatic rings. The highest BCUT2D eigenvalue weighted by molar-refractivity contribution is 7.15. The fourth-order valence-electron chi connectivity index (χ4n) is 2.43. The number of thiophene rings is 1. The number of carbonyl (C=O) groups is 2. The summed E-state index contributed by atoms with van der Waals surface area (Å²) < 4.78 is 0. The first-order valence-electron chi connectivity index (χ1n) is 6.38. The number of hydrogen-bond acceptors (Lipinski definition) is 4. The molecule has 1 aromatic rings. The molecule has 5 nitrogen and oxygen atoms in total. The Kier molecular flexibility index (Phi) is 4.55. The molecule has 1 aliphatic heterocycles. The number of aliphatic hydroxyl groups excluding tert-OH is 1. The van der Waals surface area contributed by atoms with E-state index in [1.165, 1.54) is 6.07 Å². The van der Waals surface area contributed by atoms with Crippen LogP contribution in [0.3, 0.4) is 0 Å². The normalized spacial score (nSPS) is 19.4. The molecule has 0 spiro atoms. The molecule has 0 bridgehead atoms. The molecule has 2 heterocycles. The summed E-state index contributed by atoms with van der Waals surface area (Å²) in [5.41, 5.74) is 0. The van der Waals surface area contributed by atoms with Crippen LogP contribution < -0.4 is 0 Å². The standard InChI is InChI=1S/C13H17NO4S/c15-8-6-9-3-1-2-7-14(9)12(16)10-4-5-11(19-10)13(17)18/h4-5,9,15H,1-3,6-8H2,(H,17,18). The summed E-state index contributed by atoms with van der Waals surface area (Å²) in [6.07, 6.45) is 3.52. The van der Waals surface area contributed by atoms with Gasteiger partial charge in [0.15, 0.2) is 0 Å². The molecule has 1 fully saturated rings. The van der Waals surface area contributed by atoms with Crippen LogP contribution in [0.25, 0.3) is 0 Å². The van der Waals surface area contributed by atoms with Crippen LogP contribution in [-0.4, -0.2) is 46.2 Å². The van der Waals surface area contributed by atoms with E-state index >= 15 is 0 Å². The van der Waals surface area contributed by atoms with Crippen LogP contribution in [0.4, 0.5) is 0 Å². The lowest BCUT2D eigenvalue weighted by Gasteiger charge is -2.35. The first-order valence-corrected chi connectivity index (χ1v) is 7.20. The van der Waals surface area contributed by atoms with Gasteiger partial charge in [-0.3, -0.25) is 4.79 Å². The van der Waals surface area contributed by atoms with Crippen LogP contribution in [0, 0.1) is 0 Å². The van der Waals surface area contributed by atoms with Crippen LogP contribution in [0.5, 0.6) is 0 Å². The summed E-state index contributed by atoms with van der Waals surface area (Å²) in [4.78, 5) is 25.6. The van der Waals surface area contributed by atoms with Crippen LogP contribution in [0.2, 0.25) is 0 Å². The molecule has 0 aromatic carbocycles. The van der Waals surface area contributed by atoms with Gasteiger partial charge >= 0.3 is 5.97 Å². The number of rotatable bonds is 4. The fraction of sp³-hybridized carbons (Fsp3) is 0.538. The highest BCUT2D eigenvalue weighted by Gasteiger charge is 2.28. The molecule has 1 aromatic heterocycles. The first kappa shape index (κ1) is 14.0. The Labute approximate surface area is 115 Å². The van der Waals surface area contributed by atoms with E-state index in [0.29, 0.717) is 17.8 Å². The third-order valence-electron chi connectivity index (χ3n) is 3.38. The van der Waals surface area contributed by atoms with Gasteiger partial charge in [0.25, 0.3) is 5.91 Å². The van der Waals surface area contributed by atoms with Crippen molar-refractivity contribution < 1.29 is 19.8 Å². The molecule has 0 aliphatic carbocycles. The van der Waals surface area contributed by atoms with E-state index in [9.17, 15) is 9.59 Å². The van der Waals surface area contributed by atoms with Crippen molar-refractivity contribution in [3.05, 3.63) is 21.9 Å². The molecule has 1 saturated heterocycles. The van der Waals surface area contributed by atoms with Gasteiger partial charge in [0, 0.05) is 19.2 Å². The van der Waals surface area contributed by atoms with Gasteiger partial charge in [0.1, 0.15) is 4.88 Å². The Morgan fingerprint density at radius 2 is 2.05 bits per heavy atom. The Bertz CT molecular complexity index is 469. The second-order valence-electron chi connectivity index (χ2n) is 4.63. The Morgan fingerprint density at radius 3 is 2.68 bits per heavy atom. The first-order chi connectivity index (χ1) is 9.13. The van der Waals surface area contributed by atoms with Gasteiger partial charge in [-0.1, -0.05) is 0 Å². The minimum Gasteiger partial charge on any atom is -0.477 e. The maximum absolute atomic E-state index is 12.4. The average molecular weight is 283 g/mol. The molecule has 0 saturated carbocycles. The number of hydrogen-bond donors (Lipinski definition) is 2. The monoisotopic (exact) mass is 283 g/mol. The zero-order chi connectivity index (χ0) is 13.8. The van der Waals surface area contributed by atoms with Gasteiger partial charge in [-0.2, -0.15) is 0 Å². The molecule has 0 radical (unpaired) electrons. The molecule has 1 atom stereocenters. The van der Waals surface area contributed by atoms with Crippen LogP contribution >= 0.6 is 11.3 Å². The summed E-state index contributed by atoms with van der Waals surface area (Å²) in [7, 11) is 0. The van der Waals surface area contributed by atoms with Crippen LogP contribution in [-0.2, 0) is 0 Å². The van der Waals surface area contributed by atoms with E-state index in [-0.39, 0.29) is 23.4 Å². The molecule has 1 amide bonds. The lowest BCUT2D eigenvalue weighted by Crippen LogP contribution is -2.43. The number of aliphatic hydroxyl groups is 1. The number of carboxylic acids is 1. The van der Waals surface area contributed by atoms with Crippen LogP contribution in [0.1, 0.15) is 45.0 Å². The molecular weight excluding hydrogens is 266 g/mol. The number of carboxylic acid groups (broad SMARTS) is 1. The quantitative estimate of drug-likeness (QED) is 0.883. The van der Waals surface area contributed by atoms with Crippen molar-refractivity contribution in [1.29, 1.82) is 0 Å². The van der Waals surface area contributed by atoms with E-state index in [2.05, 4.69) is 0 Å². The van der Waals surface area contributed by atoms with Gasteiger partial charge in [0.2, 0.25) is 0 Å². The van der Waals surface area contributed by atoms with E-state index < -0.39 is 5.97 Å². The maximum atomic E-state index is 12.4. The number of piperidine rings is 1. The minimum absolute atomic E-state index is 0.0687. The van der Waals surface area contributed by atoms with Gasteiger partial charge in [-0.25, -0.2) is 4.79 Å². The smallest absolute Gasteiger partial charge is 0.345 e. The zero-order valence-corrected chi connectivity index (χ0v) is 11.4. The number of nitrogens with zero attached hydrogens (tertiary/aromatic N) is 1. The SMILES string of the molecule is O=C(O)c1ccc(C(=O)N2CCCCC2CCO)s1. The summed E-state index contributed by atoms with van der Waals surface area (Å²) in [5.74, 6) is -1.12. The van der Waals surface area contributed by atoms with Crippen molar-refractivity contribution in [2.24, 2.45) is 0 Å². The third-order valence-corrected chi connectivity index (χ3v) is 4.44. The highest BCUT2D eigenvalue weighted by atomic mass is 32.1. The van der Waals surface area contributed by atoms with E-state index in [1.54, 1.807) is 11.0 Å². The van der Waals surface area contributed by atoms with Gasteiger partial charge in [-0.15, -0.1) is 11.3 Å². The second-order valence-corrected chi connectivity index (χ2v) is 5.71. The summed E-state index contributed by atoms with van der Waals surface area (Å²) in [6, 6.07) is 3.10. The average Bonchev–Trinajstić information content (AvgIpc) is 2.89. The lowest BCUT2D eigenvalue weighted by atomic mass is 9.99. The predicted molar refractivity (Wildman–Crippen MR) is 71.7 cm³/mol. The van der Waals surface area contributed by atoms with Crippen molar-refractivity contribution in [3.63, 3.8) is 0 Å². The number of amides is 1. The third kappa shape index (κ3) is 3.13. The Balaban J connectivity index is 2.13. The zero-order valence-electron chi connectivity index (χ0n) is 10.5. The summed E-state index contributed by atoms with van der Waals surface area (Å²) in [6.45, 7) is 0.753. The lowest BCUT2D eigenvalue weighted by molar-refractivity contribution is 0.0579. The molecule has 2 N–H and O–H groups in total. The minimum atomic E-state index is -1.00. The van der Waals surface area contributed by atoms with Gasteiger partial charge in [-0.05, 0) is 37.8 Å². The topological polar surface area (TPSA) is 77.8 Å². The molecule has 104 valence electrons. The van der Waals surface area contributed by atoms with E-state index in [1.807, 2.05) is 0 Å². The van der Waals surface area contributed by atoms with Crippen molar-refractivity contribution >= 4 is 23.2 Å². The maximum Gasteiger partial charge on any atom is 0.345 e. The fourth-order valence-corrected chi connectivity index (χ4v) is 3.23.